The standard InChI is InChI=1S/C65H110O6/c1-4-7-10-13-16-19-22-24-26-27-28-29-30-31-32-33-34-35-36-37-38-39-40-42-43-46-49-52-55-58-64(67)70-61-62(60-69-63(66)57-54-51-48-45-21-18-15-12-9-6-3)71-65(68)59-56-53-50-47-44-41-25-23-20-17-14-11-8-5-2/h7,10,12,15-16,19,24,26,28-29,31-32,34-35,37-38,62H,4-6,8-9,11,13-14,17-18,20-23,25,27,30,33,36,39-61H2,1-3H3/b10-7-,15-12-,19-16-,26-24-,29-28-,32-31-,35-34-,38-37-. The molecular formula is C65H110O6. The van der Waals surface area contributed by atoms with E-state index in [9.17, 15) is 14.4 Å². The van der Waals surface area contributed by atoms with Gasteiger partial charge in [0, 0.05) is 19.3 Å². The van der Waals surface area contributed by atoms with Crippen LogP contribution in [0, 0.1) is 0 Å². The van der Waals surface area contributed by atoms with E-state index in [1.165, 1.54) is 116 Å². The zero-order valence-electron chi connectivity index (χ0n) is 46.5. The van der Waals surface area contributed by atoms with Gasteiger partial charge in [-0.15, -0.1) is 0 Å². The number of hydrogen-bond acceptors (Lipinski definition) is 6. The molecule has 0 saturated carbocycles. The largest absolute Gasteiger partial charge is 0.462 e. The van der Waals surface area contributed by atoms with Crippen molar-refractivity contribution in [3.05, 3.63) is 97.2 Å². The molecule has 0 aromatic rings. The van der Waals surface area contributed by atoms with Crippen molar-refractivity contribution < 1.29 is 28.6 Å². The highest BCUT2D eigenvalue weighted by Crippen LogP contribution is 2.16. The molecule has 0 aromatic carbocycles. The molecular weight excluding hydrogens is 877 g/mol. The summed E-state index contributed by atoms with van der Waals surface area (Å²) < 4.78 is 16.8. The van der Waals surface area contributed by atoms with Gasteiger partial charge in [-0.3, -0.25) is 14.4 Å². The van der Waals surface area contributed by atoms with E-state index in [2.05, 4.69) is 118 Å². The first kappa shape index (κ1) is 67.3. The maximum Gasteiger partial charge on any atom is 0.306 e. The molecule has 0 amide bonds. The van der Waals surface area contributed by atoms with Crippen molar-refractivity contribution >= 4 is 17.9 Å². The van der Waals surface area contributed by atoms with Crippen molar-refractivity contribution in [1.82, 2.24) is 0 Å². The molecule has 0 aliphatic carbocycles. The van der Waals surface area contributed by atoms with Crippen LogP contribution in [0.5, 0.6) is 0 Å². The molecule has 0 spiro atoms. The molecule has 406 valence electrons. The summed E-state index contributed by atoms with van der Waals surface area (Å²) in [6.07, 6.45) is 78.4. The summed E-state index contributed by atoms with van der Waals surface area (Å²) in [5.74, 6) is -0.899. The van der Waals surface area contributed by atoms with Gasteiger partial charge in [0.15, 0.2) is 6.10 Å². The number of carbonyl (C=O) groups excluding carboxylic acids is 3. The zero-order chi connectivity index (χ0) is 51.4. The van der Waals surface area contributed by atoms with Crippen LogP contribution in [-0.4, -0.2) is 37.2 Å². The predicted octanol–water partition coefficient (Wildman–Crippen LogP) is 20.1. The second-order valence-electron chi connectivity index (χ2n) is 19.5. The molecule has 0 fully saturated rings. The third kappa shape index (κ3) is 57.1. The molecule has 0 aromatic heterocycles. The van der Waals surface area contributed by atoms with Gasteiger partial charge >= 0.3 is 17.9 Å². The summed E-state index contributed by atoms with van der Waals surface area (Å²) >= 11 is 0. The minimum atomic E-state index is -0.783. The maximum absolute atomic E-state index is 12.8. The summed E-state index contributed by atoms with van der Waals surface area (Å²) in [7, 11) is 0. The Morgan fingerprint density at radius 1 is 0.296 bits per heavy atom. The lowest BCUT2D eigenvalue weighted by atomic mass is 10.0. The Morgan fingerprint density at radius 2 is 0.577 bits per heavy atom. The van der Waals surface area contributed by atoms with Gasteiger partial charge in [-0.1, -0.05) is 259 Å². The average molecular weight is 988 g/mol. The van der Waals surface area contributed by atoms with Crippen LogP contribution in [0.4, 0.5) is 0 Å². The lowest BCUT2D eigenvalue weighted by Gasteiger charge is -2.18. The van der Waals surface area contributed by atoms with E-state index in [4.69, 9.17) is 14.2 Å². The first-order valence-electron chi connectivity index (χ1n) is 29.7. The highest BCUT2D eigenvalue weighted by molar-refractivity contribution is 5.71. The van der Waals surface area contributed by atoms with Crippen molar-refractivity contribution in [3.63, 3.8) is 0 Å². The fraction of sp³-hybridized carbons (Fsp3) is 0.708. The lowest BCUT2D eigenvalue weighted by molar-refractivity contribution is -0.167. The average Bonchev–Trinajstić information content (AvgIpc) is 3.37. The first-order chi connectivity index (χ1) is 35.0. The molecule has 0 rings (SSSR count). The molecule has 0 radical (unpaired) electrons. The Labute approximate surface area is 438 Å². The summed E-state index contributed by atoms with van der Waals surface area (Å²) in [5, 5.41) is 0. The summed E-state index contributed by atoms with van der Waals surface area (Å²) in [5.41, 5.74) is 0. The fourth-order valence-electron chi connectivity index (χ4n) is 8.13. The van der Waals surface area contributed by atoms with Crippen molar-refractivity contribution in [1.29, 1.82) is 0 Å². The van der Waals surface area contributed by atoms with E-state index in [0.717, 1.165) is 122 Å². The molecule has 6 nitrogen and oxygen atoms in total. The van der Waals surface area contributed by atoms with E-state index in [0.29, 0.717) is 19.3 Å². The van der Waals surface area contributed by atoms with E-state index in [1.807, 2.05) is 0 Å². The molecule has 0 N–H and O–H groups in total. The van der Waals surface area contributed by atoms with Gasteiger partial charge in [0.2, 0.25) is 0 Å². The third-order valence-electron chi connectivity index (χ3n) is 12.6. The Morgan fingerprint density at radius 3 is 0.930 bits per heavy atom. The van der Waals surface area contributed by atoms with Crippen molar-refractivity contribution in [2.24, 2.45) is 0 Å². The Bertz CT molecular complexity index is 1410. The van der Waals surface area contributed by atoms with Crippen LogP contribution in [0.25, 0.3) is 0 Å². The van der Waals surface area contributed by atoms with Crippen LogP contribution >= 0.6 is 0 Å². The molecule has 1 atom stereocenters. The summed E-state index contributed by atoms with van der Waals surface area (Å²) in [4.78, 5) is 38.1. The van der Waals surface area contributed by atoms with E-state index >= 15 is 0 Å². The highest BCUT2D eigenvalue weighted by atomic mass is 16.6. The molecule has 71 heavy (non-hydrogen) atoms. The van der Waals surface area contributed by atoms with Crippen LogP contribution in [0.1, 0.15) is 278 Å². The van der Waals surface area contributed by atoms with Gasteiger partial charge in [0.1, 0.15) is 13.2 Å². The van der Waals surface area contributed by atoms with Crippen molar-refractivity contribution in [2.45, 2.75) is 284 Å². The number of hydrogen-bond donors (Lipinski definition) is 0. The predicted molar refractivity (Wildman–Crippen MR) is 307 cm³/mol. The van der Waals surface area contributed by atoms with Gasteiger partial charge in [0.05, 0.1) is 0 Å². The number of ether oxygens (including phenoxy) is 3. The molecule has 0 aliphatic heterocycles. The molecule has 6 heteroatoms. The van der Waals surface area contributed by atoms with Crippen LogP contribution in [0.2, 0.25) is 0 Å². The summed E-state index contributed by atoms with van der Waals surface area (Å²) in [6.45, 7) is 6.46. The second-order valence-corrected chi connectivity index (χ2v) is 19.5. The second kappa shape index (κ2) is 58.9. The quantitative estimate of drug-likeness (QED) is 0.0261. The Kier molecular flexibility index (Phi) is 55.9. The SMILES string of the molecule is CC/C=C\C/C=C\C/C=C\C/C=C\C/C=C\C/C=C\C/C=C\CCCCCCCCCC(=O)OCC(COC(=O)CCCCCCC/C=C\CCC)OC(=O)CCCCCCCCCCCCCCCC. The number of esters is 3. The molecule has 0 heterocycles. The third-order valence-corrected chi connectivity index (χ3v) is 12.6. The number of allylic oxidation sites excluding steroid dienone is 16. The van der Waals surface area contributed by atoms with Crippen LogP contribution in [-0.2, 0) is 28.6 Å². The zero-order valence-corrected chi connectivity index (χ0v) is 46.5. The maximum atomic E-state index is 12.8. The van der Waals surface area contributed by atoms with Crippen LogP contribution in [0.3, 0.4) is 0 Å². The Hall–Kier alpha value is -3.67. The first-order valence-corrected chi connectivity index (χ1v) is 29.7. The molecule has 0 bridgehead atoms. The van der Waals surface area contributed by atoms with Crippen LogP contribution in [0.15, 0.2) is 97.2 Å². The molecule has 0 saturated heterocycles. The van der Waals surface area contributed by atoms with Gasteiger partial charge in [-0.2, -0.15) is 0 Å². The molecule has 0 aliphatic rings. The smallest absolute Gasteiger partial charge is 0.306 e. The highest BCUT2D eigenvalue weighted by Gasteiger charge is 2.19. The molecule has 1 unspecified atom stereocenters. The lowest BCUT2D eigenvalue weighted by Crippen LogP contribution is -2.30. The topological polar surface area (TPSA) is 78.9 Å². The Balaban J connectivity index is 4.25. The van der Waals surface area contributed by atoms with Gasteiger partial charge in [-0.05, 0) is 96.3 Å². The van der Waals surface area contributed by atoms with Crippen molar-refractivity contribution in [2.75, 3.05) is 13.2 Å². The minimum absolute atomic E-state index is 0.0834. The van der Waals surface area contributed by atoms with Gasteiger partial charge in [0.25, 0.3) is 0 Å². The number of rotatable bonds is 53. The van der Waals surface area contributed by atoms with Gasteiger partial charge in [-0.25, -0.2) is 0 Å². The number of unbranched alkanes of at least 4 members (excludes halogenated alkanes) is 26. The monoisotopic (exact) mass is 987 g/mol. The van der Waals surface area contributed by atoms with E-state index in [-0.39, 0.29) is 31.1 Å². The normalized spacial score (nSPS) is 12.8. The number of carbonyl (C=O) groups is 3. The minimum Gasteiger partial charge on any atom is -0.462 e. The van der Waals surface area contributed by atoms with Crippen LogP contribution < -0.4 is 0 Å². The fourth-order valence-corrected chi connectivity index (χ4v) is 8.13. The summed E-state index contributed by atoms with van der Waals surface area (Å²) in [6, 6.07) is 0. The van der Waals surface area contributed by atoms with E-state index in [1.54, 1.807) is 0 Å². The van der Waals surface area contributed by atoms with Gasteiger partial charge < -0.3 is 14.2 Å². The van der Waals surface area contributed by atoms with E-state index < -0.39 is 6.10 Å². The van der Waals surface area contributed by atoms with Crippen molar-refractivity contribution in [3.8, 4) is 0 Å².